The highest BCUT2D eigenvalue weighted by atomic mass is 79.9. The van der Waals surface area contributed by atoms with Crippen molar-refractivity contribution >= 4 is 21.8 Å². The Labute approximate surface area is 115 Å². The van der Waals surface area contributed by atoms with Crippen LogP contribution in [0.15, 0.2) is 22.7 Å². The van der Waals surface area contributed by atoms with E-state index < -0.39 is 0 Å². The van der Waals surface area contributed by atoms with E-state index in [1.165, 1.54) is 6.07 Å². The molecule has 0 bridgehead atoms. The number of nitrogens with one attached hydrogen (secondary N) is 1. The molecule has 5 heteroatoms. The molecule has 3 nitrogen and oxygen atoms in total. The lowest BCUT2D eigenvalue weighted by molar-refractivity contribution is -0.124. The van der Waals surface area contributed by atoms with Crippen molar-refractivity contribution in [2.24, 2.45) is 11.7 Å². The monoisotopic (exact) mass is 316 g/mol. The largest absolute Gasteiger partial charge is 0.355 e. The molecule has 0 radical (unpaired) electrons. The fourth-order valence-electron chi connectivity index (χ4n) is 1.66. The number of rotatable bonds is 6. The molecule has 0 aliphatic heterocycles. The van der Waals surface area contributed by atoms with Crippen molar-refractivity contribution in [3.05, 3.63) is 34.1 Å². The van der Waals surface area contributed by atoms with Crippen LogP contribution in [0.1, 0.15) is 18.9 Å². The predicted octanol–water partition coefficient (Wildman–Crippen LogP) is 2.23. The number of benzene rings is 1. The Balaban J connectivity index is 2.46. The average Bonchev–Trinajstić information content (AvgIpc) is 2.35. The minimum Gasteiger partial charge on any atom is -0.355 e. The maximum atomic E-state index is 13.4. The molecule has 18 heavy (non-hydrogen) atoms. The molecule has 3 N–H and O–H groups in total. The highest BCUT2D eigenvalue weighted by Gasteiger charge is 2.13. The van der Waals surface area contributed by atoms with Crippen LogP contribution in [0.3, 0.4) is 0 Å². The molecular formula is C13H18BrFN2O. The summed E-state index contributed by atoms with van der Waals surface area (Å²) in [5.41, 5.74) is 6.07. The van der Waals surface area contributed by atoms with Crippen LogP contribution in [0.4, 0.5) is 4.39 Å². The van der Waals surface area contributed by atoms with E-state index in [2.05, 4.69) is 21.2 Å². The van der Waals surface area contributed by atoms with E-state index in [9.17, 15) is 9.18 Å². The first kappa shape index (κ1) is 15.1. The zero-order chi connectivity index (χ0) is 13.5. The van der Waals surface area contributed by atoms with Crippen LogP contribution >= 0.6 is 15.9 Å². The summed E-state index contributed by atoms with van der Waals surface area (Å²) in [5.74, 6) is -0.467. The first-order valence-electron chi connectivity index (χ1n) is 6.00. The van der Waals surface area contributed by atoms with Gasteiger partial charge in [-0.05, 0) is 36.6 Å². The van der Waals surface area contributed by atoms with E-state index in [4.69, 9.17) is 5.73 Å². The van der Waals surface area contributed by atoms with Crippen molar-refractivity contribution in [2.75, 3.05) is 13.1 Å². The van der Waals surface area contributed by atoms with E-state index >= 15 is 0 Å². The number of hydrogen-bond acceptors (Lipinski definition) is 2. The first-order valence-corrected chi connectivity index (χ1v) is 6.79. The molecule has 0 saturated carbocycles. The van der Waals surface area contributed by atoms with Crippen LogP contribution in [-0.4, -0.2) is 19.0 Å². The molecule has 0 aliphatic rings. The van der Waals surface area contributed by atoms with Gasteiger partial charge in [-0.2, -0.15) is 0 Å². The summed E-state index contributed by atoms with van der Waals surface area (Å²) >= 11 is 3.29. The lowest BCUT2D eigenvalue weighted by atomic mass is 10.1. The van der Waals surface area contributed by atoms with E-state index in [0.717, 1.165) is 4.47 Å². The Kier molecular flexibility index (Phi) is 6.29. The molecule has 1 amide bonds. The molecule has 1 aromatic carbocycles. The number of carbonyl (C=O) groups is 1. The normalized spacial score (nSPS) is 12.2. The second kappa shape index (κ2) is 7.48. The molecule has 1 unspecified atom stereocenters. The number of nitrogens with two attached hydrogens (primary N) is 1. The second-order valence-corrected chi connectivity index (χ2v) is 5.03. The number of amides is 1. The average molecular weight is 317 g/mol. The molecule has 0 spiro atoms. The Morgan fingerprint density at radius 1 is 1.56 bits per heavy atom. The third-order valence-electron chi connectivity index (χ3n) is 2.85. The molecule has 0 heterocycles. The Morgan fingerprint density at radius 2 is 2.28 bits per heavy atom. The van der Waals surface area contributed by atoms with Gasteiger partial charge >= 0.3 is 0 Å². The van der Waals surface area contributed by atoms with E-state index in [1.54, 1.807) is 12.1 Å². The zero-order valence-electron chi connectivity index (χ0n) is 10.4. The van der Waals surface area contributed by atoms with Gasteiger partial charge in [-0.1, -0.05) is 22.9 Å². The van der Waals surface area contributed by atoms with Gasteiger partial charge in [0, 0.05) is 23.5 Å². The topological polar surface area (TPSA) is 55.1 Å². The molecule has 0 aliphatic carbocycles. The maximum absolute atomic E-state index is 13.4. The van der Waals surface area contributed by atoms with Gasteiger partial charge in [0.2, 0.25) is 5.91 Å². The Bertz CT molecular complexity index is 408. The predicted molar refractivity (Wildman–Crippen MR) is 73.6 cm³/mol. The van der Waals surface area contributed by atoms with E-state index in [-0.39, 0.29) is 17.6 Å². The summed E-state index contributed by atoms with van der Waals surface area (Å²) in [6.07, 6.45) is 1.19. The van der Waals surface area contributed by atoms with Gasteiger partial charge in [-0.15, -0.1) is 0 Å². The third kappa shape index (κ3) is 4.38. The SMILES string of the molecule is CCC(CN)C(=O)NCCc1cc(Br)ccc1F. The maximum Gasteiger partial charge on any atom is 0.224 e. The number of hydrogen-bond donors (Lipinski definition) is 2. The Hall–Kier alpha value is -0.940. The molecule has 0 saturated heterocycles. The summed E-state index contributed by atoms with van der Waals surface area (Å²) in [4.78, 5) is 11.7. The standard InChI is InChI=1S/C13H18BrFN2O/c1-2-9(8-16)13(18)17-6-5-10-7-11(14)3-4-12(10)15/h3-4,7,9H,2,5-6,8,16H2,1H3,(H,17,18). The van der Waals surface area contributed by atoms with E-state index in [1.807, 2.05) is 6.92 Å². The summed E-state index contributed by atoms with van der Waals surface area (Å²) in [5, 5.41) is 2.78. The highest BCUT2D eigenvalue weighted by Crippen LogP contribution is 2.15. The van der Waals surface area contributed by atoms with Crippen LogP contribution in [-0.2, 0) is 11.2 Å². The quantitative estimate of drug-likeness (QED) is 0.845. The number of halogens is 2. The zero-order valence-corrected chi connectivity index (χ0v) is 12.0. The minimum atomic E-state index is -0.252. The second-order valence-electron chi connectivity index (χ2n) is 4.12. The van der Waals surface area contributed by atoms with Gasteiger partial charge in [-0.3, -0.25) is 4.79 Å². The highest BCUT2D eigenvalue weighted by molar-refractivity contribution is 9.10. The van der Waals surface area contributed by atoms with Gasteiger partial charge in [0.05, 0.1) is 0 Å². The van der Waals surface area contributed by atoms with Gasteiger partial charge in [0.25, 0.3) is 0 Å². The van der Waals surface area contributed by atoms with Crippen molar-refractivity contribution in [2.45, 2.75) is 19.8 Å². The molecule has 0 fully saturated rings. The molecule has 0 aromatic heterocycles. The van der Waals surface area contributed by atoms with Crippen molar-refractivity contribution in [1.29, 1.82) is 0 Å². The fraction of sp³-hybridized carbons (Fsp3) is 0.462. The van der Waals surface area contributed by atoms with Crippen molar-refractivity contribution in [3.8, 4) is 0 Å². The first-order chi connectivity index (χ1) is 8.58. The van der Waals surface area contributed by atoms with Gasteiger partial charge < -0.3 is 11.1 Å². The summed E-state index contributed by atoms with van der Waals surface area (Å²) < 4.78 is 14.3. The van der Waals surface area contributed by atoms with Crippen LogP contribution in [0.5, 0.6) is 0 Å². The third-order valence-corrected chi connectivity index (χ3v) is 3.34. The van der Waals surface area contributed by atoms with Gasteiger partial charge in [-0.25, -0.2) is 4.39 Å². The van der Waals surface area contributed by atoms with Crippen molar-refractivity contribution in [1.82, 2.24) is 5.32 Å². The minimum absolute atomic E-state index is 0.0598. The Morgan fingerprint density at radius 3 is 2.89 bits per heavy atom. The molecule has 1 rings (SSSR count). The van der Waals surface area contributed by atoms with Gasteiger partial charge in [0.1, 0.15) is 5.82 Å². The smallest absolute Gasteiger partial charge is 0.224 e. The summed E-state index contributed by atoms with van der Waals surface area (Å²) in [6.45, 7) is 2.68. The molecule has 100 valence electrons. The van der Waals surface area contributed by atoms with Crippen LogP contribution in [0, 0.1) is 11.7 Å². The van der Waals surface area contributed by atoms with E-state index in [0.29, 0.717) is 31.5 Å². The summed E-state index contributed by atoms with van der Waals surface area (Å²) in [7, 11) is 0. The fourth-order valence-corrected chi connectivity index (χ4v) is 2.07. The van der Waals surface area contributed by atoms with Crippen LogP contribution in [0.25, 0.3) is 0 Å². The molecule has 1 atom stereocenters. The van der Waals surface area contributed by atoms with Crippen LogP contribution in [0.2, 0.25) is 0 Å². The van der Waals surface area contributed by atoms with Crippen molar-refractivity contribution < 1.29 is 9.18 Å². The molecule has 1 aromatic rings. The van der Waals surface area contributed by atoms with Crippen LogP contribution < -0.4 is 11.1 Å². The lowest BCUT2D eigenvalue weighted by Gasteiger charge is -2.12. The van der Waals surface area contributed by atoms with Gasteiger partial charge in [0.15, 0.2) is 0 Å². The summed E-state index contributed by atoms with van der Waals surface area (Å²) in [6, 6.07) is 4.79. The number of carbonyl (C=O) groups excluding carboxylic acids is 1. The lowest BCUT2D eigenvalue weighted by Crippen LogP contribution is -2.35. The molecular weight excluding hydrogens is 299 g/mol. The van der Waals surface area contributed by atoms with Crippen molar-refractivity contribution in [3.63, 3.8) is 0 Å².